The van der Waals surface area contributed by atoms with Gasteiger partial charge >= 0.3 is 5.97 Å². The summed E-state index contributed by atoms with van der Waals surface area (Å²) in [6.45, 7) is 1.66. The highest BCUT2D eigenvalue weighted by molar-refractivity contribution is 7.93. The Labute approximate surface area is 161 Å². The average Bonchev–Trinajstić information content (AvgIpc) is 3.01. The molecule has 0 unspecified atom stereocenters. The summed E-state index contributed by atoms with van der Waals surface area (Å²) < 4.78 is 39.0. The summed E-state index contributed by atoms with van der Waals surface area (Å²) in [5.74, 6) is -0.124. The first-order valence-corrected chi connectivity index (χ1v) is 10.0. The average molecular weight is 395 g/mol. The molecule has 1 N–H and O–H groups in total. The van der Waals surface area contributed by atoms with Crippen LogP contribution in [0, 0.1) is 6.92 Å². The normalized spacial score (nSPS) is 11.6. The van der Waals surface area contributed by atoms with Gasteiger partial charge in [0.1, 0.15) is 16.9 Å². The van der Waals surface area contributed by atoms with Gasteiger partial charge < -0.3 is 9.15 Å². The molecule has 0 saturated carbocycles. The number of ether oxygens (including phenoxy) is 1. The Bertz CT molecular complexity index is 1320. The van der Waals surface area contributed by atoms with Crippen LogP contribution >= 0.6 is 0 Å². The first-order chi connectivity index (χ1) is 13.4. The number of benzene rings is 3. The van der Waals surface area contributed by atoms with Gasteiger partial charge in [-0.1, -0.05) is 36.4 Å². The number of anilines is 1. The smallest absolute Gasteiger partial charge is 0.342 e. The molecule has 0 spiro atoms. The lowest BCUT2D eigenvalue weighted by atomic mass is 10.1. The zero-order valence-electron chi connectivity index (χ0n) is 15.2. The number of rotatable bonds is 4. The van der Waals surface area contributed by atoms with Gasteiger partial charge in [0.25, 0.3) is 10.0 Å². The van der Waals surface area contributed by atoms with Gasteiger partial charge in [0.05, 0.1) is 12.0 Å². The van der Waals surface area contributed by atoms with Crippen molar-refractivity contribution in [3.8, 4) is 0 Å². The van der Waals surface area contributed by atoms with E-state index in [1.54, 1.807) is 49.4 Å². The number of furan rings is 1. The predicted molar refractivity (Wildman–Crippen MR) is 107 cm³/mol. The van der Waals surface area contributed by atoms with Crippen molar-refractivity contribution in [2.45, 2.75) is 11.8 Å². The van der Waals surface area contributed by atoms with Gasteiger partial charge in [0.15, 0.2) is 0 Å². The lowest BCUT2D eigenvalue weighted by Crippen LogP contribution is -2.13. The lowest BCUT2D eigenvalue weighted by molar-refractivity contribution is 0.0600. The molecule has 0 atom stereocenters. The standard InChI is InChI=1S/C21H17NO5S/c1-13-20(21(23)26-2)17-12-15(10-11-18(17)27-13)22-28(24,25)19-9-5-7-14-6-3-4-8-16(14)19/h3-12,22H,1-2H3. The maximum absolute atomic E-state index is 13.0. The molecular weight excluding hydrogens is 378 g/mol. The molecule has 0 amide bonds. The van der Waals surface area contributed by atoms with Gasteiger partial charge in [0.2, 0.25) is 0 Å². The van der Waals surface area contributed by atoms with Gasteiger partial charge in [-0.05, 0) is 36.6 Å². The van der Waals surface area contributed by atoms with E-state index >= 15 is 0 Å². The van der Waals surface area contributed by atoms with Crippen LogP contribution < -0.4 is 4.72 Å². The molecule has 28 heavy (non-hydrogen) atoms. The molecule has 3 aromatic carbocycles. The zero-order valence-corrected chi connectivity index (χ0v) is 16.0. The van der Waals surface area contributed by atoms with Gasteiger partial charge in [-0.15, -0.1) is 0 Å². The van der Waals surface area contributed by atoms with Gasteiger partial charge in [-0.3, -0.25) is 4.72 Å². The van der Waals surface area contributed by atoms with Gasteiger partial charge in [-0.25, -0.2) is 13.2 Å². The van der Waals surface area contributed by atoms with Crippen molar-refractivity contribution < 1.29 is 22.4 Å². The van der Waals surface area contributed by atoms with Crippen molar-refractivity contribution in [2.75, 3.05) is 11.8 Å². The Kier molecular flexibility index (Phi) is 4.31. The molecule has 142 valence electrons. The number of methoxy groups -OCH3 is 1. The molecule has 6 nitrogen and oxygen atoms in total. The van der Waals surface area contributed by atoms with Crippen LogP contribution in [0.5, 0.6) is 0 Å². The first kappa shape index (κ1) is 18.1. The van der Waals surface area contributed by atoms with Crippen LogP contribution in [0.3, 0.4) is 0 Å². The molecule has 1 aromatic heterocycles. The van der Waals surface area contributed by atoms with Crippen molar-refractivity contribution in [1.82, 2.24) is 0 Å². The van der Waals surface area contributed by atoms with E-state index in [0.29, 0.717) is 27.8 Å². The fraction of sp³-hybridized carbons (Fsp3) is 0.0952. The van der Waals surface area contributed by atoms with E-state index in [1.165, 1.54) is 7.11 Å². The fourth-order valence-corrected chi connectivity index (χ4v) is 4.56. The molecule has 4 aromatic rings. The monoisotopic (exact) mass is 395 g/mol. The Morgan fingerprint density at radius 2 is 1.75 bits per heavy atom. The molecule has 0 radical (unpaired) electrons. The topological polar surface area (TPSA) is 85.6 Å². The van der Waals surface area contributed by atoms with Crippen molar-refractivity contribution in [3.63, 3.8) is 0 Å². The molecule has 7 heteroatoms. The third kappa shape index (κ3) is 2.99. The Morgan fingerprint density at radius 3 is 2.54 bits per heavy atom. The highest BCUT2D eigenvalue weighted by atomic mass is 32.2. The van der Waals surface area contributed by atoms with E-state index in [9.17, 15) is 13.2 Å². The molecular formula is C21H17NO5S. The largest absolute Gasteiger partial charge is 0.465 e. The second-order valence-electron chi connectivity index (χ2n) is 6.32. The van der Waals surface area contributed by atoms with Crippen LogP contribution in [-0.2, 0) is 14.8 Å². The number of carbonyl (C=O) groups excluding carboxylic acids is 1. The molecule has 4 rings (SSSR count). The maximum Gasteiger partial charge on any atom is 0.342 e. The third-order valence-corrected chi connectivity index (χ3v) is 5.98. The SMILES string of the molecule is COC(=O)c1c(C)oc2ccc(NS(=O)(=O)c3cccc4ccccc34)cc12. The van der Waals surface area contributed by atoms with Crippen LogP contribution in [-0.4, -0.2) is 21.5 Å². The molecule has 0 aliphatic rings. The van der Waals surface area contributed by atoms with Crippen LogP contribution in [0.2, 0.25) is 0 Å². The minimum Gasteiger partial charge on any atom is -0.465 e. The summed E-state index contributed by atoms with van der Waals surface area (Å²) in [4.78, 5) is 12.2. The van der Waals surface area contributed by atoms with Crippen LogP contribution in [0.1, 0.15) is 16.1 Å². The second kappa shape index (κ2) is 6.69. The molecule has 0 aliphatic carbocycles. The van der Waals surface area contributed by atoms with E-state index in [2.05, 4.69) is 4.72 Å². The summed E-state index contributed by atoms with van der Waals surface area (Å²) in [7, 11) is -2.55. The first-order valence-electron chi connectivity index (χ1n) is 8.53. The third-order valence-electron chi connectivity index (χ3n) is 4.54. The molecule has 0 aliphatic heterocycles. The summed E-state index contributed by atoms with van der Waals surface area (Å²) in [5.41, 5.74) is 1.08. The highest BCUT2D eigenvalue weighted by Crippen LogP contribution is 2.30. The lowest BCUT2D eigenvalue weighted by Gasteiger charge is -2.11. The summed E-state index contributed by atoms with van der Waals surface area (Å²) >= 11 is 0. The van der Waals surface area contributed by atoms with Crippen molar-refractivity contribution in [3.05, 3.63) is 72.0 Å². The fourth-order valence-electron chi connectivity index (χ4n) is 3.28. The summed E-state index contributed by atoms with van der Waals surface area (Å²) in [6, 6.07) is 17.2. The van der Waals surface area contributed by atoms with E-state index in [1.807, 2.05) is 18.2 Å². The van der Waals surface area contributed by atoms with E-state index in [-0.39, 0.29) is 10.5 Å². The van der Waals surface area contributed by atoms with Crippen LogP contribution in [0.15, 0.2) is 70.0 Å². The van der Waals surface area contributed by atoms with Crippen LogP contribution in [0.4, 0.5) is 5.69 Å². The number of sulfonamides is 1. The number of nitrogens with one attached hydrogen (secondary N) is 1. The van der Waals surface area contributed by atoms with Crippen molar-refractivity contribution in [2.24, 2.45) is 0 Å². The minimum atomic E-state index is -3.84. The summed E-state index contributed by atoms with van der Waals surface area (Å²) in [5, 5.41) is 1.95. The number of carbonyl (C=O) groups is 1. The molecule has 1 heterocycles. The van der Waals surface area contributed by atoms with E-state index in [0.717, 1.165) is 5.39 Å². The number of aryl methyl sites for hydroxylation is 1. The second-order valence-corrected chi connectivity index (χ2v) is 7.97. The zero-order chi connectivity index (χ0) is 19.9. The number of esters is 1. The van der Waals surface area contributed by atoms with Crippen molar-refractivity contribution in [1.29, 1.82) is 0 Å². The van der Waals surface area contributed by atoms with Gasteiger partial charge in [0, 0.05) is 16.5 Å². The Hall–Kier alpha value is -3.32. The molecule has 0 bridgehead atoms. The maximum atomic E-state index is 13.0. The summed E-state index contributed by atoms with van der Waals surface area (Å²) in [6.07, 6.45) is 0. The van der Waals surface area contributed by atoms with E-state index < -0.39 is 16.0 Å². The quantitative estimate of drug-likeness (QED) is 0.515. The Balaban J connectivity index is 1.79. The predicted octanol–water partition coefficient (Wildman–Crippen LogP) is 4.48. The van der Waals surface area contributed by atoms with Gasteiger partial charge in [-0.2, -0.15) is 0 Å². The van der Waals surface area contributed by atoms with Crippen LogP contribution in [0.25, 0.3) is 21.7 Å². The van der Waals surface area contributed by atoms with Crippen molar-refractivity contribution >= 4 is 43.4 Å². The van der Waals surface area contributed by atoms with E-state index in [4.69, 9.17) is 9.15 Å². The number of fused-ring (bicyclic) bond motifs is 2. The molecule has 0 fully saturated rings. The molecule has 0 saturated heterocycles. The number of hydrogen-bond acceptors (Lipinski definition) is 5. The highest BCUT2D eigenvalue weighted by Gasteiger charge is 2.21. The minimum absolute atomic E-state index is 0.183. The Morgan fingerprint density at radius 1 is 1.00 bits per heavy atom. The number of hydrogen-bond donors (Lipinski definition) is 1.